The lowest BCUT2D eigenvalue weighted by Crippen LogP contribution is -1.92. The zero-order valence-electron chi connectivity index (χ0n) is 63.9. The summed E-state index contributed by atoms with van der Waals surface area (Å²) >= 11 is 0. The van der Waals surface area contributed by atoms with Crippen LogP contribution in [0.4, 0.5) is 52.7 Å². The van der Waals surface area contributed by atoms with E-state index in [2.05, 4.69) is 64.5 Å². The van der Waals surface area contributed by atoms with Gasteiger partial charge in [0.1, 0.15) is 34.9 Å². The molecule has 111 heavy (non-hydrogen) atoms. The van der Waals surface area contributed by atoms with E-state index in [9.17, 15) is 52.7 Å². The van der Waals surface area contributed by atoms with Gasteiger partial charge in [-0.25, -0.2) is 56.2 Å². The molecule has 0 radical (unpaired) electrons. The summed E-state index contributed by atoms with van der Waals surface area (Å²) < 4.78 is 160. The number of pyridine rings is 6. The highest BCUT2D eigenvalue weighted by Gasteiger charge is 2.14. The van der Waals surface area contributed by atoms with Crippen molar-refractivity contribution in [3.8, 4) is 66.8 Å². The average molecular weight is 1530 g/mol. The predicted octanol–water partition coefficient (Wildman–Crippen LogP) is 27.4. The molecule has 0 amide bonds. The van der Waals surface area contributed by atoms with Crippen molar-refractivity contribution in [2.24, 2.45) is 0 Å². The van der Waals surface area contributed by atoms with Crippen molar-refractivity contribution in [2.45, 2.75) is 176 Å². The first-order valence-electron chi connectivity index (χ1n) is 38.1. The molecular formula is C93H96F12N6. The van der Waals surface area contributed by atoms with E-state index in [1.807, 2.05) is 43.3 Å². The zero-order valence-corrected chi connectivity index (χ0v) is 63.9. The highest BCUT2D eigenvalue weighted by atomic mass is 19.2. The molecule has 0 aliphatic carbocycles. The quantitative estimate of drug-likeness (QED) is 0.0290. The smallest absolute Gasteiger partial charge is 0.212 e. The Morgan fingerprint density at radius 3 is 0.604 bits per heavy atom. The van der Waals surface area contributed by atoms with Crippen LogP contribution in [0.15, 0.2) is 219 Å². The molecule has 0 fully saturated rings. The van der Waals surface area contributed by atoms with Crippen molar-refractivity contribution < 1.29 is 52.7 Å². The Labute approximate surface area is 645 Å². The highest BCUT2D eigenvalue weighted by Crippen LogP contribution is 2.30. The van der Waals surface area contributed by atoms with E-state index < -0.39 is 35.7 Å². The van der Waals surface area contributed by atoms with Crippen LogP contribution < -0.4 is 0 Å². The molecule has 0 N–H and O–H groups in total. The molecule has 0 aliphatic heterocycles. The predicted molar refractivity (Wildman–Crippen MR) is 423 cm³/mol. The summed E-state index contributed by atoms with van der Waals surface area (Å²) in [4.78, 5) is 21.2. The first kappa shape index (κ1) is 87.6. The largest absolute Gasteiger partial charge is 0.228 e. The lowest BCUT2D eigenvalue weighted by Gasteiger charge is -2.06. The van der Waals surface area contributed by atoms with Gasteiger partial charge in [-0.2, -0.15) is 26.3 Å². The summed E-state index contributed by atoms with van der Waals surface area (Å²) in [6, 6.07) is 47.8. The van der Waals surface area contributed by atoms with Gasteiger partial charge in [-0.1, -0.05) is 185 Å². The van der Waals surface area contributed by atoms with E-state index >= 15 is 0 Å². The maximum Gasteiger partial charge on any atom is 0.212 e. The van der Waals surface area contributed by atoms with Gasteiger partial charge in [-0.05, 0) is 207 Å². The molecule has 0 bridgehead atoms. The SMILES string of the molecule is CCCCCCCc1ccc(-c2ccc(F)nc2)c(F)c1.CCCCCCc1ccc(-c2ccc(F)nc2)c(F)c1.CCCCCc1ccc(-c2ccc(F)nc2)c(F)c1.CCCCc1ccc(-c2ccc(F)nc2)c(F)c1.CCCc1ccc(-c2ccc(F)nc2)c(F)c1.CCc1ccc(-c2ccc(F)nc2)c(F)c1. The number of aryl methyl sites for hydroxylation is 6. The minimum Gasteiger partial charge on any atom is -0.228 e. The van der Waals surface area contributed by atoms with E-state index in [4.69, 9.17) is 0 Å². The summed E-state index contributed by atoms with van der Waals surface area (Å²) in [5, 5.41) is 0. The molecule has 6 aromatic heterocycles. The van der Waals surface area contributed by atoms with E-state index in [1.165, 1.54) is 155 Å². The highest BCUT2D eigenvalue weighted by molar-refractivity contribution is 5.68. The fourth-order valence-electron chi connectivity index (χ4n) is 11.9. The second-order valence-electron chi connectivity index (χ2n) is 26.7. The van der Waals surface area contributed by atoms with Crippen molar-refractivity contribution >= 4 is 0 Å². The van der Waals surface area contributed by atoms with Crippen LogP contribution in [0.2, 0.25) is 0 Å². The maximum absolute atomic E-state index is 14.1. The normalized spacial score (nSPS) is 10.6. The molecule has 0 aliphatic rings. The van der Waals surface area contributed by atoms with Crippen LogP contribution in [0.5, 0.6) is 0 Å². The van der Waals surface area contributed by atoms with Gasteiger partial charge in [0.15, 0.2) is 0 Å². The summed E-state index contributed by atoms with van der Waals surface area (Å²) in [5.41, 5.74) is 12.3. The van der Waals surface area contributed by atoms with Crippen LogP contribution >= 0.6 is 0 Å². The third-order valence-corrected chi connectivity index (χ3v) is 18.2. The van der Waals surface area contributed by atoms with Gasteiger partial charge in [0.05, 0.1) is 0 Å². The maximum atomic E-state index is 14.1. The van der Waals surface area contributed by atoms with Crippen molar-refractivity contribution in [1.29, 1.82) is 0 Å². The zero-order chi connectivity index (χ0) is 79.9. The fourth-order valence-corrected chi connectivity index (χ4v) is 11.9. The Morgan fingerprint density at radius 2 is 0.387 bits per heavy atom. The van der Waals surface area contributed by atoms with Crippen LogP contribution in [0.3, 0.4) is 0 Å². The van der Waals surface area contributed by atoms with E-state index in [0.717, 1.165) is 123 Å². The van der Waals surface area contributed by atoms with Gasteiger partial charge in [-0.3, -0.25) is 0 Å². The van der Waals surface area contributed by atoms with Gasteiger partial charge in [0, 0.05) is 104 Å². The monoisotopic (exact) mass is 1520 g/mol. The van der Waals surface area contributed by atoms with Gasteiger partial charge in [-0.15, -0.1) is 0 Å². The van der Waals surface area contributed by atoms with Crippen LogP contribution in [0.25, 0.3) is 66.8 Å². The number of nitrogens with zero attached hydrogens (tertiary/aromatic N) is 6. The van der Waals surface area contributed by atoms with Crippen LogP contribution in [0.1, 0.15) is 171 Å². The Bertz CT molecular complexity index is 4720. The Morgan fingerprint density at radius 1 is 0.189 bits per heavy atom. The first-order chi connectivity index (χ1) is 53.7. The number of aromatic nitrogens is 6. The van der Waals surface area contributed by atoms with Gasteiger partial charge >= 0.3 is 0 Å². The number of halogens is 12. The van der Waals surface area contributed by atoms with Crippen molar-refractivity contribution in [1.82, 2.24) is 29.9 Å². The lowest BCUT2D eigenvalue weighted by atomic mass is 10.0. The van der Waals surface area contributed by atoms with Gasteiger partial charge in [0.2, 0.25) is 35.7 Å². The third kappa shape index (κ3) is 29.6. The summed E-state index contributed by atoms with van der Waals surface area (Å²) in [5.74, 6) is -5.02. The van der Waals surface area contributed by atoms with Crippen molar-refractivity contribution in [2.75, 3.05) is 0 Å². The second kappa shape index (κ2) is 47.4. The number of rotatable bonds is 27. The molecule has 582 valence electrons. The molecule has 0 saturated carbocycles. The van der Waals surface area contributed by atoms with E-state index in [1.54, 1.807) is 72.8 Å². The fraction of sp³-hybridized carbons (Fsp3) is 0.290. The number of hydrogen-bond acceptors (Lipinski definition) is 6. The molecule has 0 spiro atoms. The average Bonchev–Trinajstić information content (AvgIpc) is 0.871. The molecule has 12 rings (SSSR count). The molecule has 6 nitrogen and oxygen atoms in total. The molecule has 12 aromatic rings. The van der Waals surface area contributed by atoms with E-state index in [-0.39, 0.29) is 34.9 Å². The van der Waals surface area contributed by atoms with Crippen molar-refractivity contribution in [3.63, 3.8) is 0 Å². The molecule has 0 saturated heterocycles. The topological polar surface area (TPSA) is 77.3 Å². The number of unbranched alkanes of at least 4 members (excludes halogenated alkanes) is 10. The standard InChI is InChI=1S/C18H21F2N.C17H19F2N.C16H17F2N.C15H15F2N.C14H13F2N.C13H11F2N/c1-2-3-4-5-6-7-14-8-10-16(17(19)12-14)15-9-11-18(20)21-13-15;1-2-3-4-5-6-13-7-9-15(16(18)11-13)14-8-10-17(19)20-12-14;1-2-3-4-5-12-6-8-14(15(17)10-12)13-7-9-16(18)19-11-13;1-2-3-4-11-5-7-13(14(16)9-11)12-6-8-15(17)18-10-12;1-2-3-10-4-6-12(13(15)8-10)11-5-7-14(16)17-9-11;1-2-9-3-5-11(12(14)7-9)10-4-6-13(15)16-8-10/h8-13H,2-7H2,1H3;7-12H,2-6H2,1H3;6-11H,2-5H2,1H3;5-10H,2-4H2,1H3;4-9H,2-3H2,1H3;3-8H,2H2,1H3. The van der Waals surface area contributed by atoms with Crippen LogP contribution in [0, 0.1) is 70.6 Å². The second-order valence-corrected chi connectivity index (χ2v) is 26.7. The summed E-state index contributed by atoms with van der Waals surface area (Å²) in [6.07, 6.45) is 30.6. The summed E-state index contributed by atoms with van der Waals surface area (Å²) in [6.45, 7) is 12.6. The van der Waals surface area contributed by atoms with Crippen LogP contribution in [-0.4, -0.2) is 29.9 Å². The number of hydrogen-bond donors (Lipinski definition) is 0. The molecule has 0 atom stereocenters. The Hall–Kier alpha value is -10.6. The third-order valence-electron chi connectivity index (χ3n) is 18.2. The number of benzene rings is 6. The molecule has 6 aromatic carbocycles. The van der Waals surface area contributed by atoms with E-state index in [0.29, 0.717) is 66.8 Å². The Kier molecular flexibility index (Phi) is 37.4. The van der Waals surface area contributed by atoms with Crippen LogP contribution in [-0.2, 0) is 38.5 Å². The minimum atomic E-state index is -0.561. The summed E-state index contributed by atoms with van der Waals surface area (Å²) in [7, 11) is 0. The molecule has 6 heterocycles. The molecular weight excluding hydrogens is 1430 g/mol. The molecule has 0 unspecified atom stereocenters. The lowest BCUT2D eigenvalue weighted by molar-refractivity contribution is 0.583. The first-order valence-corrected chi connectivity index (χ1v) is 38.1. The van der Waals surface area contributed by atoms with Gasteiger partial charge < -0.3 is 0 Å². The van der Waals surface area contributed by atoms with Gasteiger partial charge in [0.25, 0.3) is 0 Å². The molecule has 18 heteroatoms. The minimum absolute atomic E-state index is 0.269. The Balaban J connectivity index is 0.000000185. The van der Waals surface area contributed by atoms with Crippen molar-refractivity contribution in [3.05, 3.63) is 323 Å².